The number of hydrogen-bond donors (Lipinski definition) is 3. The molecule has 4 aromatic rings. The normalized spacial score (nSPS) is 14.3. The van der Waals surface area contributed by atoms with Crippen molar-refractivity contribution in [3.8, 4) is 5.75 Å². The van der Waals surface area contributed by atoms with Gasteiger partial charge < -0.3 is 15.1 Å². The molecule has 0 aliphatic rings. The van der Waals surface area contributed by atoms with E-state index in [9.17, 15) is 5.11 Å². The van der Waals surface area contributed by atoms with E-state index in [0.717, 1.165) is 26.6 Å². The molecule has 0 amide bonds. The molecular weight excluding hydrogens is 364 g/mol. The van der Waals surface area contributed by atoms with Crippen LogP contribution in [0, 0.1) is 0 Å². The van der Waals surface area contributed by atoms with Gasteiger partial charge in [0.05, 0.1) is 5.69 Å². The van der Waals surface area contributed by atoms with Crippen molar-refractivity contribution in [3.63, 3.8) is 0 Å². The van der Waals surface area contributed by atoms with Crippen molar-refractivity contribution in [3.05, 3.63) is 64.4 Å². The number of aromatic amines is 2. The van der Waals surface area contributed by atoms with Crippen molar-refractivity contribution in [2.75, 3.05) is 0 Å². The van der Waals surface area contributed by atoms with Crippen LogP contribution in [-0.4, -0.2) is 15.1 Å². The molecule has 122 valence electrons. The zero-order valence-corrected chi connectivity index (χ0v) is 15.2. The Balaban J connectivity index is 1.78. The number of nitrogens with one attached hydrogen (secondary N) is 2. The topological polar surface area (TPSA) is 51.8 Å². The molecule has 0 saturated carbocycles. The predicted octanol–water partition coefficient (Wildman–Crippen LogP) is 6.02. The highest BCUT2D eigenvalue weighted by molar-refractivity contribution is 9.10. The number of rotatable bonds is 3. The molecule has 3 nitrogen and oxygen atoms in total. The second kappa shape index (κ2) is 5.71. The summed E-state index contributed by atoms with van der Waals surface area (Å²) in [6.45, 7) is 4.37. The Morgan fingerprint density at radius 3 is 2.58 bits per heavy atom. The lowest BCUT2D eigenvalue weighted by Crippen LogP contribution is -2.05. The van der Waals surface area contributed by atoms with Gasteiger partial charge in [-0.05, 0) is 35.7 Å². The van der Waals surface area contributed by atoms with E-state index in [-0.39, 0.29) is 11.8 Å². The molecule has 0 spiro atoms. The maximum atomic E-state index is 10.7. The largest absolute Gasteiger partial charge is 0.505 e. The zero-order valence-electron chi connectivity index (χ0n) is 13.6. The van der Waals surface area contributed by atoms with Crippen LogP contribution in [0.15, 0.2) is 53.1 Å². The quantitative estimate of drug-likeness (QED) is 0.398. The summed E-state index contributed by atoms with van der Waals surface area (Å²) in [5, 5.41) is 12.8. The first-order chi connectivity index (χ1) is 11.6. The van der Waals surface area contributed by atoms with Crippen LogP contribution in [0.1, 0.15) is 36.9 Å². The summed E-state index contributed by atoms with van der Waals surface area (Å²) in [6, 6.07) is 14.3. The van der Waals surface area contributed by atoms with Gasteiger partial charge in [0.15, 0.2) is 0 Å². The molecule has 2 unspecified atom stereocenters. The fourth-order valence-corrected chi connectivity index (χ4v) is 3.85. The van der Waals surface area contributed by atoms with E-state index in [1.807, 2.05) is 24.3 Å². The smallest absolute Gasteiger partial charge is 0.144 e. The van der Waals surface area contributed by atoms with Crippen molar-refractivity contribution < 1.29 is 5.11 Å². The Morgan fingerprint density at radius 2 is 1.75 bits per heavy atom. The summed E-state index contributed by atoms with van der Waals surface area (Å²) in [4.78, 5) is 6.75. The van der Waals surface area contributed by atoms with Gasteiger partial charge in [-0.3, -0.25) is 0 Å². The minimum atomic E-state index is 0.162. The van der Waals surface area contributed by atoms with Crippen LogP contribution >= 0.6 is 15.9 Å². The number of aromatic hydroxyl groups is 1. The fraction of sp³-hybridized carbons (Fsp3) is 0.200. The molecule has 0 aliphatic heterocycles. The summed E-state index contributed by atoms with van der Waals surface area (Å²) in [5.74, 6) is 0.782. The second-order valence-electron chi connectivity index (χ2n) is 6.44. The molecule has 2 aromatic heterocycles. The minimum Gasteiger partial charge on any atom is -0.505 e. The SMILES string of the molecule is CC(c1[nH]c2ccc(Br)cc2c1O)C(C)c1c[nH]c2ccccc12. The van der Waals surface area contributed by atoms with Crippen LogP contribution in [0.2, 0.25) is 0 Å². The first kappa shape index (κ1) is 15.3. The Labute approximate surface area is 148 Å². The molecule has 3 N–H and O–H groups in total. The first-order valence-electron chi connectivity index (χ1n) is 8.12. The molecule has 0 fully saturated rings. The molecule has 0 aliphatic carbocycles. The lowest BCUT2D eigenvalue weighted by Gasteiger charge is -2.19. The molecule has 4 rings (SSSR count). The third kappa shape index (κ3) is 2.33. The van der Waals surface area contributed by atoms with Gasteiger partial charge in [0.2, 0.25) is 0 Å². The van der Waals surface area contributed by atoms with Gasteiger partial charge in [-0.2, -0.15) is 0 Å². The number of para-hydroxylation sites is 1. The van der Waals surface area contributed by atoms with E-state index in [1.165, 1.54) is 10.9 Å². The summed E-state index contributed by atoms with van der Waals surface area (Å²) in [5.41, 5.74) is 4.28. The van der Waals surface area contributed by atoms with Crippen molar-refractivity contribution in [1.29, 1.82) is 0 Å². The van der Waals surface area contributed by atoms with Gasteiger partial charge in [-0.25, -0.2) is 0 Å². The van der Waals surface area contributed by atoms with Crippen LogP contribution < -0.4 is 0 Å². The Bertz CT molecular complexity index is 1030. The van der Waals surface area contributed by atoms with Gasteiger partial charge in [0.25, 0.3) is 0 Å². The van der Waals surface area contributed by atoms with Gasteiger partial charge in [-0.15, -0.1) is 0 Å². The summed E-state index contributed by atoms with van der Waals surface area (Å²) in [6.07, 6.45) is 2.09. The Hall–Kier alpha value is -2.20. The second-order valence-corrected chi connectivity index (χ2v) is 7.36. The molecule has 2 heterocycles. The number of halogens is 1. The Kier molecular flexibility index (Phi) is 3.65. The standard InChI is InChI=1S/C20H19BrN2O/c1-11(16-10-22-17-6-4-3-5-14(16)17)12(2)19-20(24)15-9-13(21)7-8-18(15)23-19/h3-12,22-24H,1-2H3. The number of aromatic nitrogens is 2. The average molecular weight is 383 g/mol. The molecule has 0 bridgehead atoms. The van der Waals surface area contributed by atoms with E-state index in [2.05, 4.69) is 64.1 Å². The lowest BCUT2D eigenvalue weighted by atomic mass is 9.86. The molecule has 2 aromatic carbocycles. The molecule has 24 heavy (non-hydrogen) atoms. The van der Waals surface area contributed by atoms with Gasteiger partial charge in [-0.1, -0.05) is 48.0 Å². The average Bonchev–Trinajstić information content (AvgIpc) is 3.15. The molecule has 2 atom stereocenters. The van der Waals surface area contributed by atoms with Crippen LogP contribution in [0.25, 0.3) is 21.8 Å². The van der Waals surface area contributed by atoms with Crippen LogP contribution in [-0.2, 0) is 0 Å². The van der Waals surface area contributed by atoms with E-state index in [4.69, 9.17) is 0 Å². The van der Waals surface area contributed by atoms with Crippen molar-refractivity contribution in [2.24, 2.45) is 0 Å². The third-order valence-electron chi connectivity index (χ3n) is 5.08. The monoisotopic (exact) mass is 382 g/mol. The van der Waals surface area contributed by atoms with E-state index in [1.54, 1.807) is 0 Å². The number of hydrogen-bond acceptors (Lipinski definition) is 1. The van der Waals surface area contributed by atoms with Crippen molar-refractivity contribution in [2.45, 2.75) is 25.7 Å². The van der Waals surface area contributed by atoms with Gasteiger partial charge in [0, 0.05) is 38.4 Å². The molecular formula is C20H19BrN2O. The predicted molar refractivity (Wildman–Crippen MR) is 103 cm³/mol. The maximum Gasteiger partial charge on any atom is 0.144 e. The van der Waals surface area contributed by atoms with Crippen LogP contribution in [0.3, 0.4) is 0 Å². The summed E-state index contributed by atoms with van der Waals surface area (Å²) < 4.78 is 0.966. The third-order valence-corrected chi connectivity index (χ3v) is 5.57. The van der Waals surface area contributed by atoms with Crippen LogP contribution in [0.5, 0.6) is 5.75 Å². The highest BCUT2D eigenvalue weighted by Crippen LogP contribution is 2.42. The number of benzene rings is 2. The number of fused-ring (bicyclic) bond motifs is 2. The maximum absolute atomic E-state index is 10.7. The summed E-state index contributed by atoms with van der Waals surface area (Å²) >= 11 is 3.47. The van der Waals surface area contributed by atoms with Crippen molar-refractivity contribution in [1.82, 2.24) is 9.97 Å². The molecule has 4 heteroatoms. The first-order valence-corrected chi connectivity index (χ1v) is 8.91. The van der Waals surface area contributed by atoms with Crippen LogP contribution in [0.4, 0.5) is 0 Å². The number of H-pyrrole nitrogens is 2. The van der Waals surface area contributed by atoms with E-state index in [0.29, 0.717) is 5.75 Å². The van der Waals surface area contributed by atoms with E-state index >= 15 is 0 Å². The highest BCUT2D eigenvalue weighted by atomic mass is 79.9. The zero-order chi connectivity index (χ0) is 16.8. The summed E-state index contributed by atoms with van der Waals surface area (Å²) in [7, 11) is 0. The van der Waals surface area contributed by atoms with Gasteiger partial charge >= 0.3 is 0 Å². The Morgan fingerprint density at radius 1 is 0.958 bits per heavy atom. The molecule has 0 radical (unpaired) electrons. The van der Waals surface area contributed by atoms with Crippen molar-refractivity contribution >= 4 is 37.7 Å². The lowest BCUT2D eigenvalue weighted by molar-refractivity contribution is 0.461. The van der Waals surface area contributed by atoms with E-state index < -0.39 is 0 Å². The van der Waals surface area contributed by atoms with Gasteiger partial charge in [0.1, 0.15) is 5.75 Å². The highest BCUT2D eigenvalue weighted by Gasteiger charge is 2.24. The minimum absolute atomic E-state index is 0.162. The molecule has 0 saturated heterocycles. The fourth-order valence-electron chi connectivity index (χ4n) is 3.49.